The van der Waals surface area contributed by atoms with Crippen LogP contribution in [0.1, 0.15) is 17.3 Å². The van der Waals surface area contributed by atoms with Gasteiger partial charge in [0.25, 0.3) is 15.9 Å². The van der Waals surface area contributed by atoms with Crippen molar-refractivity contribution in [2.45, 2.75) is 11.8 Å². The topological polar surface area (TPSA) is 111 Å². The minimum atomic E-state index is -4.02. The van der Waals surface area contributed by atoms with E-state index in [0.29, 0.717) is 10.8 Å². The quantitative estimate of drug-likeness (QED) is 0.506. The number of rotatable bonds is 8. The molecule has 0 spiro atoms. The van der Waals surface area contributed by atoms with E-state index < -0.39 is 28.5 Å². The van der Waals surface area contributed by atoms with Crippen molar-refractivity contribution in [2.24, 2.45) is 0 Å². The first-order chi connectivity index (χ1) is 12.8. The van der Waals surface area contributed by atoms with Crippen LogP contribution < -0.4 is 15.0 Å². The Morgan fingerprint density at radius 2 is 1.74 bits per heavy atom. The first-order valence-corrected chi connectivity index (χ1v) is 9.64. The molecule has 0 unspecified atom stereocenters. The van der Waals surface area contributed by atoms with Crippen LogP contribution in [0.15, 0.2) is 53.4 Å². The van der Waals surface area contributed by atoms with Crippen LogP contribution in [0.4, 0.5) is 0 Å². The van der Waals surface area contributed by atoms with Gasteiger partial charge in [-0.05, 0) is 43.3 Å². The predicted molar refractivity (Wildman–Crippen MR) is 97.8 cm³/mol. The van der Waals surface area contributed by atoms with Crippen molar-refractivity contribution in [2.75, 3.05) is 13.2 Å². The van der Waals surface area contributed by atoms with Gasteiger partial charge >= 0.3 is 5.97 Å². The lowest BCUT2D eigenvalue weighted by Gasteiger charge is -2.10. The Morgan fingerprint density at radius 1 is 1.07 bits per heavy atom. The number of carbonyl (C=O) groups excluding carboxylic acids is 2. The molecule has 2 N–H and O–H groups in total. The van der Waals surface area contributed by atoms with Crippen LogP contribution in [-0.4, -0.2) is 33.5 Å². The molecule has 0 aromatic heterocycles. The number of sulfonamides is 1. The summed E-state index contributed by atoms with van der Waals surface area (Å²) in [5, 5.41) is 0.326. The van der Waals surface area contributed by atoms with Gasteiger partial charge in [0.15, 0.2) is 6.61 Å². The molecule has 0 radical (unpaired) electrons. The van der Waals surface area contributed by atoms with Crippen LogP contribution in [0, 0.1) is 0 Å². The predicted octanol–water partition coefficient (Wildman–Crippen LogP) is 1.91. The Hall–Kier alpha value is -2.62. The second-order valence-electron chi connectivity index (χ2n) is 5.12. The smallest absolute Gasteiger partial charge is 0.338 e. The summed E-state index contributed by atoms with van der Waals surface area (Å²) in [5.74, 6) is -0.979. The van der Waals surface area contributed by atoms with E-state index in [0.717, 1.165) is 0 Å². The van der Waals surface area contributed by atoms with E-state index in [-0.39, 0.29) is 17.1 Å². The molecule has 0 saturated heterocycles. The van der Waals surface area contributed by atoms with Gasteiger partial charge in [0.1, 0.15) is 5.75 Å². The highest BCUT2D eigenvalue weighted by Crippen LogP contribution is 2.22. The van der Waals surface area contributed by atoms with E-state index in [4.69, 9.17) is 21.1 Å². The second kappa shape index (κ2) is 9.36. The molecule has 0 bridgehead atoms. The van der Waals surface area contributed by atoms with Gasteiger partial charge in [-0.1, -0.05) is 23.7 Å². The van der Waals surface area contributed by atoms with Crippen LogP contribution in [0.5, 0.6) is 5.75 Å². The molecule has 2 aromatic carbocycles. The molecule has 1 amide bonds. The first-order valence-electron chi connectivity index (χ1n) is 7.78. The number of para-hydroxylation sites is 1. The van der Waals surface area contributed by atoms with Crippen molar-refractivity contribution in [1.82, 2.24) is 10.3 Å². The summed E-state index contributed by atoms with van der Waals surface area (Å²) in [6.45, 7) is 1.44. The Kier molecular flexibility index (Phi) is 7.17. The molecule has 10 heteroatoms. The maximum absolute atomic E-state index is 12.2. The largest absolute Gasteiger partial charge is 0.482 e. The molecule has 0 aliphatic carbocycles. The van der Waals surface area contributed by atoms with Gasteiger partial charge in [0.05, 0.1) is 22.1 Å². The molecule has 0 saturated carbocycles. The van der Waals surface area contributed by atoms with Crippen LogP contribution in [0.3, 0.4) is 0 Å². The maximum atomic E-state index is 12.2. The lowest BCUT2D eigenvalue weighted by atomic mass is 10.2. The highest BCUT2D eigenvalue weighted by Gasteiger charge is 2.16. The highest BCUT2D eigenvalue weighted by molar-refractivity contribution is 7.89. The van der Waals surface area contributed by atoms with Gasteiger partial charge in [-0.2, -0.15) is 0 Å². The average Bonchev–Trinajstić information content (AvgIpc) is 2.66. The zero-order valence-electron chi connectivity index (χ0n) is 14.3. The summed E-state index contributed by atoms with van der Waals surface area (Å²) in [6.07, 6.45) is 0. The van der Waals surface area contributed by atoms with Gasteiger partial charge in [-0.3, -0.25) is 10.2 Å². The van der Waals surface area contributed by atoms with Crippen molar-refractivity contribution < 1.29 is 27.5 Å². The Bertz CT molecular complexity index is 915. The van der Waals surface area contributed by atoms with Gasteiger partial charge in [-0.25, -0.2) is 13.2 Å². The monoisotopic (exact) mass is 412 g/mol. The van der Waals surface area contributed by atoms with Crippen molar-refractivity contribution in [3.63, 3.8) is 0 Å². The fourth-order valence-electron chi connectivity index (χ4n) is 1.91. The van der Waals surface area contributed by atoms with E-state index >= 15 is 0 Å². The molecule has 27 heavy (non-hydrogen) atoms. The molecule has 0 aliphatic heterocycles. The molecule has 0 aliphatic rings. The third kappa shape index (κ3) is 5.95. The van der Waals surface area contributed by atoms with E-state index in [1.807, 2.05) is 10.3 Å². The Balaban J connectivity index is 1.91. The molecular weight excluding hydrogens is 396 g/mol. The number of halogens is 1. The third-order valence-electron chi connectivity index (χ3n) is 3.20. The molecule has 2 rings (SSSR count). The Labute approximate surface area is 161 Å². The summed E-state index contributed by atoms with van der Waals surface area (Å²) in [7, 11) is -4.02. The molecule has 8 nitrogen and oxygen atoms in total. The van der Waals surface area contributed by atoms with Gasteiger partial charge in [-0.15, -0.1) is 4.83 Å². The van der Waals surface area contributed by atoms with Gasteiger partial charge < -0.3 is 9.47 Å². The van der Waals surface area contributed by atoms with Crippen LogP contribution >= 0.6 is 11.6 Å². The van der Waals surface area contributed by atoms with Crippen LogP contribution in [0.2, 0.25) is 5.02 Å². The van der Waals surface area contributed by atoms with Crippen molar-refractivity contribution in [1.29, 1.82) is 0 Å². The standard InChI is InChI=1S/C17H17ClN2O6S/c1-2-25-17(22)12-7-9-13(10-8-12)27(23,24)20-19-16(21)11-26-15-6-4-3-5-14(15)18/h3-10,20H,2,11H2,1H3,(H,19,21). The highest BCUT2D eigenvalue weighted by atomic mass is 35.5. The zero-order valence-corrected chi connectivity index (χ0v) is 15.8. The van der Waals surface area contributed by atoms with Crippen LogP contribution in [0.25, 0.3) is 0 Å². The summed E-state index contributed by atoms with van der Waals surface area (Å²) in [5.41, 5.74) is 2.25. The fraction of sp³-hybridized carbons (Fsp3) is 0.176. The van der Waals surface area contributed by atoms with Crippen molar-refractivity contribution in [3.8, 4) is 5.75 Å². The molecule has 0 heterocycles. The number of amides is 1. The number of benzene rings is 2. The lowest BCUT2D eigenvalue weighted by molar-refractivity contribution is -0.123. The Morgan fingerprint density at radius 3 is 2.37 bits per heavy atom. The van der Waals surface area contributed by atoms with Crippen molar-refractivity contribution in [3.05, 3.63) is 59.1 Å². The number of hydrazine groups is 1. The number of ether oxygens (including phenoxy) is 2. The molecule has 2 aromatic rings. The molecule has 0 atom stereocenters. The van der Waals surface area contributed by atoms with E-state index in [1.165, 1.54) is 24.3 Å². The lowest BCUT2D eigenvalue weighted by Crippen LogP contribution is -2.43. The summed E-state index contributed by atoms with van der Waals surface area (Å²) in [6, 6.07) is 11.6. The van der Waals surface area contributed by atoms with Crippen LogP contribution in [-0.2, 0) is 19.6 Å². The number of nitrogens with one attached hydrogen (secondary N) is 2. The van der Waals surface area contributed by atoms with Gasteiger partial charge in [0, 0.05) is 0 Å². The second-order valence-corrected chi connectivity index (χ2v) is 7.21. The number of esters is 1. The van der Waals surface area contributed by atoms with Gasteiger partial charge in [0.2, 0.25) is 0 Å². The summed E-state index contributed by atoms with van der Waals surface area (Å²) < 4.78 is 34.4. The fourth-order valence-corrected chi connectivity index (χ4v) is 2.96. The SMILES string of the molecule is CCOC(=O)c1ccc(S(=O)(=O)NNC(=O)COc2ccccc2Cl)cc1. The summed E-state index contributed by atoms with van der Waals surface area (Å²) in [4.78, 5) is 25.1. The summed E-state index contributed by atoms with van der Waals surface area (Å²) >= 11 is 5.89. The molecular formula is C17H17ClN2O6S. The molecule has 144 valence electrons. The number of hydrogen-bond donors (Lipinski definition) is 2. The normalized spacial score (nSPS) is 10.9. The number of carbonyl (C=O) groups is 2. The van der Waals surface area contributed by atoms with E-state index in [9.17, 15) is 18.0 Å². The minimum Gasteiger partial charge on any atom is -0.482 e. The van der Waals surface area contributed by atoms with Crippen molar-refractivity contribution >= 4 is 33.5 Å². The van der Waals surface area contributed by atoms with E-state index in [2.05, 4.69) is 0 Å². The minimum absolute atomic E-state index is 0.136. The number of hydrogen-bond acceptors (Lipinski definition) is 6. The molecule has 0 fully saturated rings. The maximum Gasteiger partial charge on any atom is 0.338 e. The first kappa shape index (κ1) is 20.7. The average molecular weight is 413 g/mol. The zero-order chi connectivity index (χ0) is 19.9. The van der Waals surface area contributed by atoms with E-state index in [1.54, 1.807) is 31.2 Å². The third-order valence-corrected chi connectivity index (χ3v) is 4.77.